The van der Waals surface area contributed by atoms with E-state index in [0.717, 1.165) is 16.7 Å². The molecule has 9 aromatic carbocycles. The SMILES string of the molecule is c1ccc(-c2nc(-c3ccccc3)nc(-c3ccc4c(c3)c3ccccc3c3cc5c(cc43)[Si](c3ccccc3)(c3ccccc3)c3ccccc3-5)n2)cc1. The molecule has 0 spiro atoms. The molecule has 10 aromatic rings. The molecule has 4 heteroatoms. The maximum Gasteiger partial charge on any atom is 0.180 e. The summed E-state index contributed by atoms with van der Waals surface area (Å²) < 4.78 is 0. The van der Waals surface area contributed by atoms with E-state index in [-0.39, 0.29) is 0 Å². The van der Waals surface area contributed by atoms with Crippen LogP contribution in [-0.2, 0) is 0 Å². The Morgan fingerprint density at radius 2 is 0.709 bits per heavy atom. The Hall–Kier alpha value is -7.01. The highest BCUT2D eigenvalue weighted by molar-refractivity contribution is 7.22. The molecule has 1 aliphatic rings. The molecule has 0 saturated carbocycles. The van der Waals surface area contributed by atoms with Gasteiger partial charge < -0.3 is 0 Å². The molecule has 256 valence electrons. The van der Waals surface area contributed by atoms with Gasteiger partial charge in [0.15, 0.2) is 25.5 Å². The van der Waals surface area contributed by atoms with E-state index in [1.165, 1.54) is 64.2 Å². The molecule has 0 bridgehead atoms. The van der Waals surface area contributed by atoms with Crippen LogP contribution in [0.3, 0.4) is 0 Å². The van der Waals surface area contributed by atoms with Crippen molar-refractivity contribution >= 4 is 61.1 Å². The van der Waals surface area contributed by atoms with Gasteiger partial charge in [0.05, 0.1) is 0 Å². The van der Waals surface area contributed by atoms with E-state index in [4.69, 9.17) is 15.0 Å². The third kappa shape index (κ3) is 4.85. The summed E-state index contributed by atoms with van der Waals surface area (Å²) in [6, 6.07) is 72.6. The Balaban J connectivity index is 1.20. The Morgan fingerprint density at radius 3 is 1.29 bits per heavy atom. The topological polar surface area (TPSA) is 38.7 Å². The number of benzene rings is 9. The van der Waals surface area contributed by atoms with Crippen molar-refractivity contribution in [3.63, 3.8) is 0 Å². The number of aromatic nitrogens is 3. The summed E-state index contributed by atoms with van der Waals surface area (Å²) in [5.41, 5.74) is 5.56. The first-order valence-corrected chi connectivity index (χ1v) is 20.8. The van der Waals surface area contributed by atoms with E-state index in [1.54, 1.807) is 0 Å². The first-order chi connectivity index (χ1) is 27.3. The van der Waals surface area contributed by atoms with Crippen molar-refractivity contribution in [2.24, 2.45) is 0 Å². The molecular formula is C51H33N3Si. The Labute approximate surface area is 320 Å². The first kappa shape index (κ1) is 31.5. The molecule has 0 radical (unpaired) electrons. The zero-order valence-electron chi connectivity index (χ0n) is 29.9. The zero-order chi connectivity index (χ0) is 36.3. The molecule has 11 rings (SSSR count). The fourth-order valence-electron chi connectivity index (χ4n) is 8.97. The highest BCUT2D eigenvalue weighted by atomic mass is 28.3. The molecule has 2 heterocycles. The van der Waals surface area contributed by atoms with E-state index in [2.05, 4.69) is 164 Å². The molecular weight excluding hydrogens is 683 g/mol. The Kier molecular flexibility index (Phi) is 7.19. The van der Waals surface area contributed by atoms with Gasteiger partial charge in [0.1, 0.15) is 0 Å². The molecule has 0 unspecified atom stereocenters. The minimum absolute atomic E-state index is 0.655. The number of rotatable bonds is 5. The van der Waals surface area contributed by atoms with Crippen molar-refractivity contribution in [1.82, 2.24) is 15.0 Å². The molecule has 0 fully saturated rings. The summed E-state index contributed by atoms with van der Waals surface area (Å²) in [4.78, 5) is 15.1. The number of nitrogens with zero attached hydrogens (tertiary/aromatic N) is 3. The van der Waals surface area contributed by atoms with Gasteiger partial charge in [-0.3, -0.25) is 0 Å². The summed E-state index contributed by atoms with van der Waals surface area (Å²) in [6.07, 6.45) is 0. The second-order valence-electron chi connectivity index (χ2n) is 14.3. The van der Waals surface area contributed by atoms with Gasteiger partial charge >= 0.3 is 0 Å². The summed E-state index contributed by atoms with van der Waals surface area (Å²) >= 11 is 0. The van der Waals surface area contributed by atoms with Crippen LogP contribution < -0.4 is 20.7 Å². The minimum atomic E-state index is -2.67. The maximum absolute atomic E-state index is 5.09. The van der Waals surface area contributed by atoms with Crippen molar-refractivity contribution in [2.45, 2.75) is 0 Å². The molecule has 0 atom stereocenters. The van der Waals surface area contributed by atoms with Crippen molar-refractivity contribution in [3.05, 3.63) is 200 Å². The van der Waals surface area contributed by atoms with Gasteiger partial charge in [-0.1, -0.05) is 188 Å². The highest BCUT2D eigenvalue weighted by Gasteiger charge is 2.48. The minimum Gasteiger partial charge on any atom is -0.208 e. The van der Waals surface area contributed by atoms with Crippen LogP contribution in [-0.4, -0.2) is 23.0 Å². The van der Waals surface area contributed by atoms with Crippen LogP contribution in [0, 0.1) is 0 Å². The molecule has 0 N–H and O–H groups in total. The van der Waals surface area contributed by atoms with Crippen LogP contribution in [0.4, 0.5) is 0 Å². The average Bonchev–Trinajstić information content (AvgIpc) is 3.57. The van der Waals surface area contributed by atoms with E-state index >= 15 is 0 Å². The lowest BCUT2D eigenvalue weighted by molar-refractivity contribution is 1.07. The summed E-state index contributed by atoms with van der Waals surface area (Å²) in [6.45, 7) is 0. The number of fused-ring (bicyclic) bond motifs is 9. The van der Waals surface area contributed by atoms with Crippen molar-refractivity contribution < 1.29 is 0 Å². The lowest BCUT2D eigenvalue weighted by Crippen LogP contribution is -2.72. The lowest BCUT2D eigenvalue weighted by atomic mass is 9.91. The van der Waals surface area contributed by atoms with Gasteiger partial charge in [0.2, 0.25) is 0 Å². The number of hydrogen-bond acceptors (Lipinski definition) is 3. The Bertz CT molecular complexity index is 2980. The molecule has 1 aliphatic heterocycles. The second kappa shape index (κ2) is 12.5. The van der Waals surface area contributed by atoms with E-state index < -0.39 is 8.07 Å². The lowest BCUT2D eigenvalue weighted by Gasteiger charge is -2.31. The normalized spacial score (nSPS) is 12.9. The monoisotopic (exact) mass is 715 g/mol. The van der Waals surface area contributed by atoms with E-state index in [1.807, 2.05) is 36.4 Å². The van der Waals surface area contributed by atoms with Crippen LogP contribution in [0.5, 0.6) is 0 Å². The number of hydrogen-bond donors (Lipinski definition) is 0. The third-order valence-electron chi connectivity index (χ3n) is 11.4. The summed E-state index contributed by atoms with van der Waals surface area (Å²) in [7, 11) is -2.67. The molecule has 0 saturated heterocycles. The zero-order valence-corrected chi connectivity index (χ0v) is 30.9. The van der Waals surface area contributed by atoms with Gasteiger partial charge in [-0.25, -0.2) is 15.0 Å². The van der Waals surface area contributed by atoms with Crippen LogP contribution in [0.1, 0.15) is 0 Å². The summed E-state index contributed by atoms with van der Waals surface area (Å²) in [5, 5.41) is 13.1. The predicted molar refractivity (Wildman–Crippen MR) is 231 cm³/mol. The summed E-state index contributed by atoms with van der Waals surface area (Å²) in [5.74, 6) is 1.97. The van der Waals surface area contributed by atoms with Gasteiger partial charge in [-0.05, 0) is 76.3 Å². The third-order valence-corrected chi connectivity index (χ3v) is 16.2. The molecule has 0 aliphatic carbocycles. The smallest absolute Gasteiger partial charge is 0.180 e. The predicted octanol–water partition coefficient (Wildman–Crippen LogP) is 9.69. The molecule has 55 heavy (non-hydrogen) atoms. The maximum atomic E-state index is 5.09. The van der Waals surface area contributed by atoms with E-state index in [9.17, 15) is 0 Å². The highest BCUT2D eigenvalue weighted by Crippen LogP contribution is 2.40. The average molecular weight is 716 g/mol. The second-order valence-corrected chi connectivity index (χ2v) is 18.0. The fraction of sp³-hybridized carbons (Fsp3) is 0. The van der Waals surface area contributed by atoms with Crippen molar-refractivity contribution in [3.8, 4) is 45.3 Å². The van der Waals surface area contributed by atoms with Gasteiger partial charge in [0.25, 0.3) is 0 Å². The standard InChI is InChI=1S/C51H33N3Si/c1-5-17-34(18-6-1)49-52-50(35-19-7-2-8-20-35)54-51(53-49)36-29-30-41-43(31-36)39-25-13-14-26-40(39)44-32-46-42-27-15-16-28-47(42)55(48(46)33-45(41)44,37-21-9-3-10-22-37)38-23-11-4-12-24-38/h1-33H. The molecule has 3 nitrogen and oxygen atoms in total. The van der Waals surface area contributed by atoms with Crippen LogP contribution >= 0.6 is 0 Å². The fourth-order valence-corrected chi connectivity index (χ4v) is 14.2. The molecule has 1 aromatic heterocycles. The van der Waals surface area contributed by atoms with Crippen molar-refractivity contribution in [2.75, 3.05) is 0 Å². The quantitative estimate of drug-likeness (QED) is 0.132. The van der Waals surface area contributed by atoms with Gasteiger partial charge in [0, 0.05) is 16.7 Å². The van der Waals surface area contributed by atoms with Crippen LogP contribution in [0.15, 0.2) is 200 Å². The first-order valence-electron chi connectivity index (χ1n) is 18.8. The molecule has 0 amide bonds. The van der Waals surface area contributed by atoms with Crippen LogP contribution in [0.25, 0.3) is 77.6 Å². The largest absolute Gasteiger partial charge is 0.208 e. The van der Waals surface area contributed by atoms with E-state index in [0.29, 0.717) is 17.5 Å². The van der Waals surface area contributed by atoms with Crippen molar-refractivity contribution in [1.29, 1.82) is 0 Å². The Morgan fingerprint density at radius 1 is 0.273 bits per heavy atom. The van der Waals surface area contributed by atoms with Gasteiger partial charge in [-0.2, -0.15) is 0 Å². The van der Waals surface area contributed by atoms with Gasteiger partial charge in [-0.15, -0.1) is 0 Å². The van der Waals surface area contributed by atoms with Crippen LogP contribution in [0.2, 0.25) is 0 Å².